The third-order valence-corrected chi connectivity index (χ3v) is 3.09. The fourth-order valence-electron chi connectivity index (χ4n) is 1.46. The minimum absolute atomic E-state index is 0.147. The molecule has 0 aliphatic rings. The van der Waals surface area contributed by atoms with Gasteiger partial charge in [0.25, 0.3) is 0 Å². The molecule has 0 aliphatic heterocycles. The lowest BCUT2D eigenvalue weighted by molar-refractivity contribution is 0.372. The number of hydrogen-bond acceptors (Lipinski definition) is 4. The second-order valence-electron chi connectivity index (χ2n) is 4.01. The minimum atomic E-state index is 0.147. The number of halogens is 1. The van der Waals surface area contributed by atoms with Gasteiger partial charge in [0.05, 0.1) is 0 Å². The largest absolute Gasteiger partial charge is 0.339 e. The third kappa shape index (κ3) is 3.14. The maximum Gasteiger partial charge on any atom is 0.227 e. The number of aromatic nitrogens is 2. The highest BCUT2D eigenvalue weighted by molar-refractivity contribution is 9.10. The van der Waals surface area contributed by atoms with Crippen molar-refractivity contribution in [2.45, 2.75) is 25.8 Å². The first-order valence-corrected chi connectivity index (χ1v) is 6.29. The molecule has 0 bridgehead atoms. The second-order valence-corrected chi connectivity index (χ2v) is 4.86. The molecular weight excluding hydrogens is 282 g/mol. The quantitative estimate of drug-likeness (QED) is 0.942. The zero-order valence-electron chi connectivity index (χ0n) is 9.56. The van der Waals surface area contributed by atoms with E-state index in [1.807, 2.05) is 31.2 Å². The molecule has 1 atom stereocenters. The van der Waals surface area contributed by atoms with Crippen LogP contribution in [0.2, 0.25) is 0 Å². The monoisotopic (exact) mass is 295 g/mol. The summed E-state index contributed by atoms with van der Waals surface area (Å²) in [6.07, 6.45) is 1.56. The molecule has 17 heavy (non-hydrogen) atoms. The smallest absolute Gasteiger partial charge is 0.227 e. The first kappa shape index (κ1) is 12.3. The van der Waals surface area contributed by atoms with Crippen LogP contribution in [0.5, 0.6) is 0 Å². The van der Waals surface area contributed by atoms with Crippen LogP contribution in [0.15, 0.2) is 33.3 Å². The van der Waals surface area contributed by atoms with Gasteiger partial charge in [0.2, 0.25) is 11.7 Å². The van der Waals surface area contributed by atoms with Gasteiger partial charge in [-0.15, -0.1) is 0 Å². The minimum Gasteiger partial charge on any atom is -0.339 e. The van der Waals surface area contributed by atoms with Gasteiger partial charge in [0.1, 0.15) is 0 Å². The van der Waals surface area contributed by atoms with Gasteiger partial charge >= 0.3 is 0 Å². The lowest BCUT2D eigenvalue weighted by Gasteiger charge is -1.99. The molecule has 2 aromatic rings. The fourth-order valence-corrected chi connectivity index (χ4v) is 1.92. The maximum absolute atomic E-state index is 5.68. The second kappa shape index (κ2) is 5.42. The van der Waals surface area contributed by atoms with E-state index in [4.69, 9.17) is 10.3 Å². The summed E-state index contributed by atoms with van der Waals surface area (Å²) in [6.45, 7) is 1.96. The van der Waals surface area contributed by atoms with Crippen molar-refractivity contribution in [3.05, 3.63) is 34.6 Å². The summed E-state index contributed by atoms with van der Waals surface area (Å²) < 4.78 is 6.14. The molecule has 5 heteroatoms. The van der Waals surface area contributed by atoms with Gasteiger partial charge in [0.15, 0.2) is 0 Å². The van der Waals surface area contributed by atoms with E-state index in [0.29, 0.717) is 11.7 Å². The Morgan fingerprint density at radius 1 is 1.41 bits per heavy atom. The van der Waals surface area contributed by atoms with Crippen molar-refractivity contribution in [2.75, 3.05) is 0 Å². The molecule has 0 radical (unpaired) electrons. The summed E-state index contributed by atoms with van der Waals surface area (Å²) in [5.41, 5.74) is 6.62. The van der Waals surface area contributed by atoms with Gasteiger partial charge < -0.3 is 10.3 Å². The van der Waals surface area contributed by atoms with Crippen molar-refractivity contribution in [3.63, 3.8) is 0 Å². The van der Waals surface area contributed by atoms with Crippen LogP contribution in [0.1, 0.15) is 19.2 Å². The highest BCUT2D eigenvalue weighted by atomic mass is 79.9. The fraction of sp³-hybridized carbons (Fsp3) is 0.333. The number of rotatable bonds is 4. The lowest BCUT2D eigenvalue weighted by Crippen LogP contribution is -2.15. The molecule has 1 unspecified atom stereocenters. The molecule has 0 aliphatic carbocycles. The Labute approximate surface area is 108 Å². The van der Waals surface area contributed by atoms with Crippen LogP contribution < -0.4 is 5.73 Å². The zero-order valence-corrected chi connectivity index (χ0v) is 11.1. The predicted molar refractivity (Wildman–Crippen MR) is 69.4 cm³/mol. The van der Waals surface area contributed by atoms with Gasteiger partial charge in [-0.25, -0.2) is 0 Å². The molecule has 1 aromatic carbocycles. The Morgan fingerprint density at radius 2 is 2.18 bits per heavy atom. The van der Waals surface area contributed by atoms with E-state index in [1.54, 1.807) is 0 Å². The summed E-state index contributed by atoms with van der Waals surface area (Å²) in [5, 5.41) is 3.97. The molecule has 1 heterocycles. The van der Waals surface area contributed by atoms with Crippen LogP contribution in [-0.2, 0) is 6.42 Å². The van der Waals surface area contributed by atoms with Crippen LogP contribution in [0.3, 0.4) is 0 Å². The van der Waals surface area contributed by atoms with Crippen molar-refractivity contribution < 1.29 is 4.52 Å². The summed E-state index contributed by atoms with van der Waals surface area (Å²) in [7, 11) is 0. The van der Waals surface area contributed by atoms with Crippen molar-refractivity contribution in [3.8, 4) is 11.4 Å². The van der Waals surface area contributed by atoms with E-state index in [2.05, 4.69) is 26.1 Å². The average molecular weight is 296 g/mol. The van der Waals surface area contributed by atoms with E-state index in [9.17, 15) is 0 Å². The summed E-state index contributed by atoms with van der Waals surface area (Å²) in [6, 6.07) is 7.94. The molecule has 0 fully saturated rings. The SMILES string of the molecule is CC(N)CCc1nc(-c2ccccc2Br)no1. The molecule has 0 spiro atoms. The molecule has 4 nitrogen and oxygen atoms in total. The van der Waals surface area contributed by atoms with E-state index >= 15 is 0 Å². The van der Waals surface area contributed by atoms with Crippen LogP contribution >= 0.6 is 15.9 Å². The van der Waals surface area contributed by atoms with E-state index in [1.165, 1.54) is 0 Å². The van der Waals surface area contributed by atoms with Crippen molar-refractivity contribution in [1.82, 2.24) is 10.1 Å². The number of nitrogens with two attached hydrogens (primary N) is 1. The van der Waals surface area contributed by atoms with Crippen LogP contribution in [0.4, 0.5) is 0 Å². The van der Waals surface area contributed by atoms with Crippen LogP contribution in [0.25, 0.3) is 11.4 Å². The molecule has 0 saturated carbocycles. The van der Waals surface area contributed by atoms with Gasteiger partial charge in [-0.1, -0.05) is 33.2 Å². The molecule has 0 saturated heterocycles. The molecule has 2 rings (SSSR count). The van der Waals surface area contributed by atoms with Gasteiger partial charge in [-0.2, -0.15) is 4.98 Å². The Kier molecular flexibility index (Phi) is 3.91. The highest BCUT2D eigenvalue weighted by Crippen LogP contribution is 2.25. The number of nitrogens with zero attached hydrogens (tertiary/aromatic N) is 2. The maximum atomic E-state index is 5.68. The first-order chi connectivity index (χ1) is 8.16. The Bertz CT molecular complexity index is 496. The van der Waals surface area contributed by atoms with E-state index in [0.717, 1.165) is 22.9 Å². The van der Waals surface area contributed by atoms with Gasteiger partial charge in [-0.05, 0) is 25.5 Å². The lowest BCUT2D eigenvalue weighted by atomic mass is 10.2. The molecule has 0 amide bonds. The van der Waals surface area contributed by atoms with Crippen molar-refractivity contribution in [2.24, 2.45) is 5.73 Å². The molecular formula is C12H14BrN3O. The molecule has 1 aromatic heterocycles. The summed E-state index contributed by atoms with van der Waals surface area (Å²) in [5.74, 6) is 1.24. The van der Waals surface area contributed by atoms with Crippen LogP contribution in [0, 0.1) is 0 Å². The van der Waals surface area contributed by atoms with E-state index < -0.39 is 0 Å². The third-order valence-electron chi connectivity index (χ3n) is 2.40. The standard InChI is InChI=1S/C12H14BrN3O/c1-8(14)6-7-11-15-12(16-17-11)9-4-2-3-5-10(9)13/h2-5,8H,6-7,14H2,1H3. The average Bonchev–Trinajstić information content (AvgIpc) is 2.75. The number of benzene rings is 1. The number of aryl methyl sites for hydroxylation is 1. The summed E-state index contributed by atoms with van der Waals surface area (Å²) >= 11 is 3.46. The van der Waals surface area contributed by atoms with Crippen LogP contribution in [-0.4, -0.2) is 16.2 Å². The zero-order chi connectivity index (χ0) is 12.3. The Hall–Kier alpha value is -1.20. The number of hydrogen-bond donors (Lipinski definition) is 1. The normalized spacial score (nSPS) is 12.6. The first-order valence-electron chi connectivity index (χ1n) is 5.50. The highest BCUT2D eigenvalue weighted by Gasteiger charge is 2.11. The summed E-state index contributed by atoms with van der Waals surface area (Å²) in [4.78, 5) is 4.35. The predicted octanol–water partition coefficient (Wildman–Crippen LogP) is 2.78. The van der Waals surface area contributed by atoms with Crippen molar-refractivity contribution in [1.29, 1.82) is 0 Å². The van der Waals surface area contributed by atoms with Crippen molar-refractivity contribution >= 4 is 15.9 Å². The Balaban J connectivity index is 2.16. The van der Waals surface area contributed by atoms with Gasteiger partial charge in [-0.3, -0.25) is 0 Å². The van der Waals surface area contributed by atoms with E-state index in [-0.39, 0.29) is 6.04 Å². The topological polar surface area (TPSA) is 64.9 Å². The molecule has 2 N–H and O–H groups in total. The Morgan fingerprint density at radius 3 is 2.88 bits per heavy atom. The molecule has 90 valence electrons. The van der Waals surface area contributed by atoms with Gasteiger partial charge in [0, 0.05) is 22.5 Å².